The van der Waals surface area contributed by atoms with Crippen LogP contribution in [0.1, 0.15) is 5.69 Å². The molecular formula is C13H13Cl2N3O. The number of ether oxygens (including phenoxy) is 1. The minimum absolute atomic E-state index is 0.461. The zero-order valence-corrected chi connectivity index (χ0v) is 11.9. The lowest BCUT2D eigenvalue weighted by molar-refractivity contribution is 0.333. The fraction of sp³-hybridized carbons (Fsp3) is 0.231. The molecule has 0 aliphatic rings. The molecule has 0 radical (unpaired) electrons. The van der Waals surface area contributed by atoms with E-state index in [0.717, 1.165) is 5.69 Å². The summed E-state index contributed by atoms with van der Waals surface area (Å²) in [6.07, 6.45) is 1.47. The lowest BCUT2D eigenvalue weighted by Crippen LogP contribution is -2.13. The van der Waals surface area contributed by atoms with Gasteiger partial charge >= 0.3 is 0 Å². The van der Waals surface area contributed by atoms with E-state index in [4.69, 9.17) is 27.9 Å². The highest BCUT2D eigenvalue weighted by molar-refractivity contribution is 6.33. The maximum absolute atomic E-state index is 6.06. The third kappa shape index (κ3) is 3.72. The quantitative estimate of drug-likeness (QED) is 0.857. The summed E-state index contributed by atoms with van der Waals surface area (Å²) in [5, 5.41) is 4.22. The highest BCUT2D eigenvalue weighted by Gasteiger charge is 2.05. The molecule has 0 bridgehead atoms. The van der Waals surface area contributed by atoms with E-state index in [0.29, 0.717) is 34.8 Å². The Balaban J connectivity index is 1.84. The molecule has 0 fully saturated rings. The Morgan fingerprint density at radius 3 is 2.79 bits per heavy atom. The standard InChI is InChI=1S/C13H13Cl2N3O/c1-9-12(15)13(18-8-17-9)16-6-7-19-11-5-3-2-4-10(11)14/h2-5,8H,6-7H2,1H3,(H,16,17,18). The van der Waals surface area contributed by atoms with Gasteiger partial charge in [-0.05, 0) is 19.1 Å². The number of rotatable bonds is 5. The Bertz CT molecular complexity index is 563. The van der Waals surface area contributed by atoms with E-state index in [2.05, 4.69) is 15.3 Å². The van der Waals surface area contributed by atoms with Crippen molar-refractivity contribution in [1.82, 2.24) is 9.97 Å². The number of anilines is 1. The fourth-order valence-corrected chi connectivity index (χ4v) is 1.83. The average molecular weight is 298 g/mol. The summed E-state index contributed by atoms with van der Waals surface area (Å²) in [6.45, 7) is 2.86. The van der Waals surface area contributed by atoms with Gasteiger partial charge in [0.2, 0.25) is 0 Å². The first kappa shape index (κ1) is 13.9. The summed E-state index contributed by atoms with van der Waals surface area (Å²) in [4.78, 5) is 8.06. The van der Waals surface area contributed by atoms with Gasteiger partial charge in [0, 0.05) is 0 Å². The molecule has 2 aromatic rings. The second-order valence-corrected chi connectivity index (χ2v) is 4.61. The molecule has 0 saturated heterocycles. The van der Waals surface area contributed by atoms with Crippen LogP contribution in [0.4, 0.5) is 5.82 Å². The average Bonchev–Trinajstić information content (AvgIpc) is 2.41. The second-order valence-electron chi connectivity index (χ2n) is 3.83. The SMILES string of the molecule is Cc1ncnc(NCCOc2ccccc2Cl)c1Cl. The number of aryl methyl sites for hydroxylation is 1. The molecule has 4 nitrogen and oxygen atoms in total. The summed E-state index contributed by atoms with van der Waals surface area (Å²) in [5.74, 6) is 1.27. The number of nitrogens with one attached hydrogen (secondary N) is 1. The van der Waals surface area contributed by atoms with Crippen LogP contribution in [0.15, 0.2) is 30.6 Å². The van der Waals surface area contributed by atoms with Crippen molar-refractivity contribution in [3.05, 3.63) is 46.3 Å². The van der Waals surface area contributed by atoms with E-state index < -0.39 is 0 Å². The van der Waals surface area contributed by atoms with Crippen molar-refractivity contribution in [3.63, 3.8) is 0 Å². The second kappa shape index (κ2) is 6.59. The van der Waals surface area contributed by atoms with E-state index >= 15 is 0 Å². The molecule has 0 unspecified atom stereocenters. The van der Waals surface area contributed by atoms with E-state index in [1.165, 1.54) is 6.33 Å². The summed E-state index contributed by atoms with van der Waals surface area (Å²) in [6, 6.07) is 7.34. The number of nitrogens with zero attached hydrogens (tertiary/aromatic N) is 2. The molecule has 1 heterocycles. The van der Waals surface area contributed by atoms with Gasteiger partial charge in [-0.3, -0.25) is 0 Å². The van der Waals surface area contributed by atoms with E-state index in [1.54, 1.807) is 6.07 Å². The first-order valence-corrected chi connectivity index (χ1v) is 6.52. The molecule has 1 N–H and O–H groups in total. The molecule has 2 rings (SSSR count). The van der Waals surface area contributed by atoms with Crippen LogP contribution in [0.5, 0.6) is 5.75 Å². The normalized spacial score (nSPS) is 10.3. The zero-order valence-electron chi connectivity index (χ0n) is 10.4. The highest BCUT2D eigenvalue weighted by Crippen LogP contribution is 2.23. The van der Waals surface area contributed by atoms with Crippen molar-refractivity contribution in [1.29, 1.82) is 0 Å². The number of halogens is 2. The molecule has 6 heteroatoms. The van der Waals surface area contributed by atoms with Crippen molar-refractivity contribution in [3.8, 4) is 5.75 Å². The summed E-state index contributed by atoms with van der Waals surface area (Å²) in [5.41, 5.74) is 0.742. The van der Waals surface area contributed by atoms with Crippen LogP contribution in [0.3, 0.4) is 0 Å². The number of hydrogen-bond acceptors (Lipinski definition) is 4. The van der Waals surface area contributed by atoms with Crippen molar-refractivity contribution < 1.29 is 4.74 Å². The van der Waals surface area contributed by atoms with Crippen molar-refractivity contribution in [2.24, 2.45) is 0 Å². The lowest BCUT2D eigenvalue weighted by Gasteiger charge is -2.10. The predicted octanol–water partition coefficient (Wildman–Crippen LogP) is 3.58. The Morgan fingerprint density at radius 2 is 2.00 bits per heavy atom. The van der Waals surface area contributed by atoms with Gasteiger partial charge in [-0.1, -0.05) is 35.3 Å². The van der Waals surface area contributed by atoms with Crippen LogP contribution in [0.25, 0.3) is 0 Å². The molecule has 19 heavy (non-hydrogen) atoms. The lowest BCUT2D eigenvalue weighted by atomic mass is 10.3. The van der Waals surface area contributed by atoms with Gasteiger partial charge in [0.25, 0.3) is 0 Å². The van der Waals surface area contributed by atoms with E-state index in [1.807, 2.05) is 25.1 Å². The Hall–Kier alpha value is -1.52. The van der Waals surface area contributed by atoms with Crippen LogP contribution >= 0.6 is 23.2 Å². The zero-order chi connectivity index (χ0) is 13.7. The monoisotopic (exact) mass is 297 g/mol. The summed E-state index contributed by atoms with van der Waals surface area (Å²) in [7, 11) is 0. The van der Waals surface area contributed by atoms with Crippen LogP contribution in [-0.4, -0.2) is 23.1 Å². The van der Waals surface area contributed by atoms with Gasteiger partial charge in [0.05, 0.1) is 17.3 Å². The maximum atomic E-state index is 6.06. The van der Waals surface area contributed by atoms with Gasteiger partial charge in [-0.25, -0.2) is 9.97 Å². The number of hydrogen-bond donors (Lipinski definition) is 1. The molecule has 0 aliphatic heterocycles. The number of benzene rings is 1. The van der Waals surface area contributed by atoms with Crippen molar-refractivity contribution >= 4 is 29.0 Å². The van der Waals surface area contributed by atoms with E-state index in [-0.39, 0.29) is 0 Å². The topological polar surface area (TPSA) is 47.0 Å². The van der Waals surface area contributed by atoms with Crippen molar-refractivity contribution in [2.45, 2.75) is 6.92 Å². The molecule has 1 aromatic heterocycles. The fourth-order valence-electron chi connectivity index (χ4n) is 1.47. The molecule has 1 aromatic carbocycles. The molecule has 0 saturated carbocycles. The third-order valence-electron chi connectivity index (χ3n) is 2.45. The molecule has 0 amide bonds. The molecule has 0 spiro atoms. The van der Waals surface area contributed by atoms with E-state index in [9.17, 15) is 0 Å². The summed E-state index contributed by atoms with van der Waals surface area (Å²) < 4.78 is 5.55. The number of para-hydroxylation sites is 1. The predicted molar refractivity (Wildman–Crippen MR) is 77.2 cm³/mol. The van der Waals surface area contributed by atoms with Crippen LogP contribution in [0.2, 0.25) is 10.0 Å². The first-order chi connectivity index (χ1) is 9.18. The third-order valence-corrected chi connectivity index (χ3v) is 3.22. The first-order valence-electron chi connectivity index (χ1n) is 5.77. The highest BCUT2D eigenvalue weighted by atomic mass is 35.5. The largest absolute Gasteiger partial charge is 0.490 e. The van der Waals surface area contributed by atoms with Gasteiger partial charge in [0.1, 0.15) is 29.5 Å². The van der Waals surface area contributed by atoms with Crippen molar-refractivity contribution in [2.75, 3.05) is 18.5 Å². The minimum Gasteiger partial charge on any atom is -0.490 e. The molecular weight excluding hydrogens is 285 g/mol. The molecule has 100 valence electrons. The van der Waals surface area contributed by atoms with Crippen LogP contribution in [0, 0.1) is 6.92 Å². The number of aromatic nitrogens is 2. The maximum Gasteiger partial charge on any atom is 0.148 e. The van der Waals surface area contributed by atoms with Crippen LogP contribution < -0.4 is 10.1 Å². The Labute approximate surface area is 121 Å². The molecule has 0 atom stereocenters. The smallest absolute Gasteiger partial charge is 0.148 e. The van der Waals surface area contributed by atoms with Gasteiger partial charge in [-0.2, -0.15) is 0 Å². The Morgan fingerprint density at radius 1 is 1.21 bits per heavy atom. The van der Waals surface area contributed by atoms with Crippen LogP contribution in [-0.2, 0) is 0 Å². The minimum atomic E-state index is 0.461. The Kier molecular flexibility index (Phi) is 4.82. The van der Waals surface area contributed by atoms with Gasteiger partial charge in [-0.15, -0.1) is 0 Å². The summed E-state index contributed by atoms with van der Waals surface area (Å²) >= 11 is 12.0. The van der Waals surface area contributed by atoms with Gasteiger partial charge in [0.15, 0.2) is 0 Å². The molecule has 0 aliphatic carbocycles. The van der Waals surface area contributed by atoms with Gasteiger partial charge < -0.3 is 10.1 Å².